The zero-order chi connectivity index (χ0) is 20.4. The topological polar surface area (TPSA) is 102 Å². The van der Waals surface area contributed by atoms with E-state index >= 15 is 0 Å². The van der Waals surface area contributed by atoms with E-state index in [4.69, 9.17) is 16.2 Å². The lowest BCUT2D eigenvalue weighted by Crippen LogP contribution is -2.32. The van der Waals surface area contributed by atoms with E-state index in [1.165, 1.54) is 31.4 Å². The molecule has 0 radical (unpaired) electrons. The maximum atomic E-state index is 14.7. The van der Waals surface area contributed by atoms with Gasteiger partial charge in [-0.05, 0) is 43.2 Å². The summed E-state index contributed by atoms with van der Waals surface area (Å²) in [6, 6.07) is 6.48. The van der Waals surface area contributed by atoms with Gasteiger partial charge in [0.05, 0.1) is 18.5 Å². The van der Waals surface area contributed by atoms with Crippen LogP contribution in [0.25, 0.3) is 16.8 Å². The van der Waals surface area contributed by atoms with E-state index in [-0.39, 0.29) is 40.0 Å². The van der Waals surface area contributed by atoms with Gasteiger partial charge in [-0.3, -0.25) is 4.79 Å². The van der Waals surface area contributed by atoms with Gasteiger partial charge in [0.1, 0.15) is 23.1 Å². The van der Waals surface area contributed by atoms with Crippen molar-refractivity contribution in [1.29, 1.82) is 0 Å². The number of carbonyl (C=O) groups excluding carboxylic acids is 1. The Morgan fingerprint density at radius 3 is 2.54 bits per heavy atom. The van der Waals surface area contributed by atoms with Crippen LogP contribution in [0, 0.1) is 11.6 Å². The van der Waals surface area contributed by atoms with Crippen LogP contribution in [0.4, 0.5) is 14.5 Å². The standard InChI is InChI=1S/C20H22F2N4O2/c1-25-19(18(24)20(27)26-11-4-5-11)12-6-7-14(22)16(17(12)23)13-9-10(21)3-8-15(13)28-2/h3,6-9,11,25H,4-5,23-24H2,1-2H3,(H,26,27)/b19-18+. The largest absolute Gasteiger partial charge is 0.496 e. The van der Waals surface area contributed by atoms with Crippen molar-refractivity contribution in [1.82, 2.24) is 10.6 Å². The first-order valence-corrected chi connectivity index (χ1v) is 8.78. The summed E-state index contributed by atoms with van der Waals surface area (Å²) >= 11 is 0. The summed E-state index contributed by atoms with van der Waals surface area (Å²) in [4.78, 5) is 12.3. The minimum Gasteiger partial charge on any atom is -0.496 e. The van der Waals surface area contributed by atoms with Crippen LogP contribution in [0.2, 0.25) is 0 Å². The molecule has 1 amide bonds. The zero-order valence-electron chi connectivity index (χ0n) is 15.6. The van der Waals surface area contributed by atoms with Gasteiger partial charge in [-0.15, -0.1) is 0 Å². The van der Waals surface area contributed by atoms with E-state index in [1.807, 2.05) is 0 Å². The van der Waals surface area contributed by atoms with Crippen molar-refractivity contribution in [2.24, 2.45) is 5.73 Å². The number of carbonyl (C=O) groups is 1. The summed E-state index contributed by atoms with van der Waals surface area (Å²) in [6.45, 7) is 0. The van der Waals surface area contributed by atoms with E-state index in [9.17, 15) is 13.6 Å². The molecule has 28 heavy (non-hydrogen) atoms. The average Bonchev–Trinajstić information content (AvgIpc) is 3.48. The minimum atomic E-state index is -0.651. The maximum absolute atomic E-state index is 14.7. The van der Waals surface area contributed by atoms with E-state index < -0.39 is 17.5 Å². The van der Waals surface area contributed by atoms with Crippen molar-refractivity contribution in [2.75, 3.05) is 19.9 Å². The van der Waals surface area contributed by atoms with Crippen molar-refractivity contribution in [3.05, 3.63) is 53.2 Å². The van der Waals surface area contributed by atoms with E-state index in [1.54, 1.807) is 7.05 Å². The minimum absolute atomic E-state index is 0.00965. The molecule has 1 aliphatic rings. The Kier molecular flexibility index (Phi) is 5.39. The molecule has 6 N–H and O–H groups in total. The molecule has 0 atom stereocenters. The number of methoxy groups -OCH3 is 1. The van der Waals surface area contributed by atoms with Crippen LogP contribution in [0.3, 0.4) is 0 Å². The van der Waals surface area contributed by atoms with Crippen LogP contribution in [-0.4, -0.2) is 26.1 Å². The highest BCUT2D eigenvalue weighted by Crippen LogP contribution is 2.39. The zero-order valence-corrected chi connectivity index (χ0v) is 15.6. The summed E-state index contributed by atoms with van der Waals surface area (Å²) in [5.74, 6) is -1.38. The smallest absolute Gasteiger partial charge is 0.269 e. The molecule has 2 aromatic rings. The molecular weight excluding hydrogens is 366 g/mol. The molecule has 1 aliphatic carbocycles. The molecule has 3 rings (SSSR count). The Bertz CT molecular complexity index is 955. The van der Waals surface area contributed by atoms with Gasteiger partial charge in [-0.1, -0.05) is 0 Å². The number of anilines is 1. The van der Waals surface area contributed by atoms with Crippen molar-refractivity contribution < 1.29 is 18.3 Å². The molecule has 8 heteroatoms. The lowest BCUT2D eigenvalue weighted by atomic mass is 9.96. The molecule has 0 saturated heterocycles. The van der Waals surface area contributed by atoms with Gasteiger partial charge in [0.15, 0.2) is 0 Å². The number of hydrogen-bond donors (Lipinski definition) is 4. The number of nitrogens with one attached hydrogen (secondary N) is 2. The Morgan fingerprint density at radius 1 is 1.21 bits per heavy atom. The Morgan fingerprint density at radius 2 is 1.93 bits per heavy atom. The van der Waals surface area contributed by atoms with Crippen LogP contribution in [0.5, 0.6) is 5.75 Å². The molecule has 1 saturated carbocycles. The highest BCUT2D eigenvalue weighted by atomic mass is 19.1. The Labute approximate surface area is 161 Å². The van der Waals surface area contributed by atoms with Crippen molar-refractivity contribution >= 4 is 17.3 Å². The Hall–Kier alpha value is -3.29. The summed E-state index contributed by atoms with van der Waals surface area (Å²) in [6.07, 6.45) is 1.83. The number of rotatable bonds is 6. The molecular formula is C20H22F2N4O2. The molecule has 0 heterocycles. The maximum Gasteiger partial charge on any atom is 0.269 e. The number of amides is 1. The SMILES string of the molecule is CN/C(=C(/N)C(=O)NC1CC1)c1ccc(F)c(-c2cc(F)ccc2OC)c1N. The first kappa shape index (κ1) is 19.5. The molecule has 148 valence electrons. The van der Waals surface area contributed by atoms with Gasteiger partial charge in [0.2, 0.25) is 0 Å². The number of nitrogens with two attached hydrogens (primary N) is 2. The Balaban J connectivity index is 2.15. The van der Waals surface area contributed by atoms with Crippen LogP contribution in [0.15, 0.2) is 36.0 Å². The third kappa shape index (κ3) is 3.71. The van der Waals surface area contributed by atoms with Crippen molar-refractivity contribution in [3.8, 4) is 16.9 Å². The normalized spacial score (nSPS) is 14.3. The highest BCUT2D eigenvalue weighted by Gasteiger charge is 2.26. The number of nitrogen functional groups attached to an aromatic ring is 1. The molecule has 0 spiro atoms. The second-order valence-electron chi connectivity index (χ2n) is 6.51. The molecule has 2 aromatic carbocycles. The summed E-state index contributed by atoms with van der Waals surface area (Å²) in [5.41, 5.74) is 12.9. The van der Waals surface area contributed by atoms with E-state index in [0.29, 0.717) is 5.56 Å². The number of ether oxygens (including phenoxy) is 1. The van der Waals surface area contributed by atoms with Crippen LogP contribution < -0.4 is 26.8 Å². The quantitative estimate of drug-likeness (QED) is 0.449. The third-order valence-electron chi connectivity index (χ3n) is 4.57. The van der Waals surface area contributed by atoms with Crippen LogP contribution in [-0.2, 0) is 4.79 Å². The summed E-state index contributed by atoms with van der Waals surface area (Å²) in [7, 11) is 2.98. The van der Waals surface area contributed by atoms with Crippen LogP contribution in [0.1, 0.15) is 18.4 Å². The van der Waals surface area contributed by atoms with Gasteiger partial charge in [0.25, 0.3) is 5.91 Å². The average molecular weight is 388 g/mol. The fourth-order valence-corrected chi connectivity index (χ4v) is 2.98. The fraction of sp³-hybridized carbons (Fsp3) is 0.250. The molecule has 6 nitrogen and oxygen atoms in total. The van der Waals surface area contributed by atoms with Gasteiger partial charge < -0.3 is 26.8 Å². The predicted molar refractivity (Wildman–Crippen MR) is 104 cm³/mol. The lowest BCUT2D eigenvalue weighted by molar-refractivity contribution is -0.117. The second-order valence-corrected chi connectivity index (χ2v) is 6.51. The van der Waals surface area contributed by atoms with Crippen LogP contribution >= 0.6 is 0 Å². The number of hydrogen-bond acceptors (Lipinski definition) is 5. The number of benzene rings is 2. The lowest BCUT2D eigenvalue weighted by Gasteiger charge is -2.18. The summed E-state index contributed by atoms with van der Waals surface area (Å²) in [5, 5.41) is 5.65. The highest BCUT2D eigenvalue weighted by molar-refractivity contribution is 6.02. The van der Waals surface area contributed by atoms with E-state index in [0.717, 1.165) is 18.9 Å². The summed E-state index contributed by atoms with van der Waals surface area (Å²) < 4.78 is 33.7. The third-order valence-corrected chi connectivity index (χ3v) is 4.57. The number of halogens is 2. The monoisotopic (exact) mass is 388 g/mol. The van der Waals surface area contributed by atoms with Gasteiger partial charge >= 0.3 is 0 Å². The molecule has 0 unspecified atom stereocenters. The molecule has 0 aliphatic heterocycles. The first-order valence-electron chi connectivity index (χ1n) is 8.78. The first-order chi connectivity index (χ1) is 13.4. The van der Waals surface area contributed by atoms with Crippen molar-refractivity contribution in [2.45, 2.75) is 18.9 Å². The second kappa shape index (κ2) is 7.75. The van der Waals surface area contributed by atoms with Gasteiger partial charge in [0, 0.05) is 29.8 Å². The van der Waals surface area contributed by atoms with E-state index in [2.05, 4.69) is 10.6 Å². The fourth-order valence-electron chi connectivity index (χ4n) is 2.98. The molecule has 0 bridgehead atoms. The van der Waals surface area contributed by atoms with Gasteiger partial charge in [-0.25, -0.2) is 8.78 Å². The predicted octanol–water partition coefficient (Wildman–Crippen LogP) is 2.35. The van der Waals surface area contributed by atoms with Crippen molar-refractivity contribution in [3.63, 3.8) is 0 Å². The molecule has 1 fully saturated rings. The molecule has 0 aromatic heterocycles. The van der Waals surface area contributed by atoms with Gasteiger partial charge in [-0.2, -0.15) is 0 Å².